The standard InChI is InChI=1S/C12H20N2O5/c1-19-11(16)5-4-9(12(17)18)14-10(15)6-7-13-8-2-3-8/h8-9,13H,2-7H2,1H3,(H,14,15)(H,17,18)/t9-/m0/s1. The molecule has 7 nitrogen and oxygen atoms in total. The molecule has 0 radical (unpaired) electrons. The van der Waals surface area contributed by atoms with Gasteiger partial charge in [-0.05, 0) is 19.3 Å². The Kier molecular flexibility index (Phi) is 6.27. The molecular weight excluding hydrogens is 252 g/mol. The number of carbonyl (C=O) groups is 3. The van der Waals surface area contributed by atoms with E-state index in [9.17, 15) is 14.4 Å². The van der Waals surface area contributed by atoms with E-state index in [-0.39, 0.29) is 25.2 Å². The van der Waals surface area contributed by atoms with Crippen LogP contribution < -0.4 is 10.6 Å². The van der Waals surface area contributed by atoms with Gasteiger partial charge in [0.1, 0.15) is 6.04 Å². The Bertz CT molecular complexity index is 341. The van der Waals surface area contributed by atoms with E-state index >= 15 is 0 Å². The molecule has 0 unspecified atom stereocenters. The van der Waals surface area contributed by atoms with Crippen LogP contribution in [-0.2, 0) is 19.1 Å². The molecule has 1 fully saturated rings. The summed E-state index contributed by atoms with van der Waals surface area (Å²) in [5, 5.41) is 14.5. The Hall–Kier alpha value is -1.63. The van der Waals surface area contributed by atoms with Crippen molar-refractivity contribution in [3.63, 3.8) is 0 Å². The molecule has 1 rings (SSSR count). The molecule has 0 spiro atoms. The minimum atomic E-state index is -1.15. The van der Waals surface area contributed by atoms with Gasteiger partial charge in [0.2, 0.25) is 5.91 Å². The van der Waals surface area contributed by atoms with Crippen LogP contribution in [0.15, 0.2) is 0 Å². The van der Waals surface area contributed by atoms with Crippen molar-refractivity contribution in [1.82, 2.24) is 10.6 Å². The molecule has 0 saturated heterocycles. The minimum absolute atomic E-state index is 0.0315. The van der Waals surface area contributed by atoms with Crippen molar-refractivity contribution >= 4 is 17.8 Å². The average molecular weight is 272 g/mol. The van der Waals surface area contributed by atoms with Gasteiger partial charge in [0, 0.05) is 25.4 Å². The minimum Gasteiger partial charge on any atom is -0.480 e. The second-order valence-electron chi connectivity index (χ2n) is 4.55. The number of nitrogens with one attached hydrogen (secondary N) is 2. The van der Waals surface area contributed by atoms with Crippen LogP contribution in [0.5, 0.6) is 0 Å². The van der Waals surface area contributed by atoms with Crippen LogP contribution in [0.3, 0.4) is 0 Å². The summed E-state index contributed by atoms with van der Waals surface area (Å²) >= 11 is 0. The summed E-state index contributed by atoms with van der Waals surface area (Å²) in [7, 11) is 1.24. The second-order valence-corrected chi connectivity index (χ2v) is 4.55. The number of hydrogen-bond acceptors (Lipinski definition) is 5. The molecule has 0 aromatic carbocycles. The van der Waals surface area contributed by atoms with E-state index in [1.165, 1.54) is 7.11 Å². The van der Waals surface area contributed by atoms with E-state index in [1.54, 1.807) is 0 Å². The normalized spacial score (nSPS) is 15.6. The number of rotatable bonds is 9. The Balaban J connectivity index is 2.23. The fourth-order valence-corrected chi connectivity index (χ4v) is 1.57. The highest BCUT2D eigenvalue weighted by atomic mass is 16.5. The molecule has 1 aliphatic rings. The summed E-state index contributed by atoms with van der Waals surface area (Å²) in [6, 6.07) is -0.532. The van der Waals surface area contributed by atoms with E-state index in [1.807, 2.05) is 0 Å². The number of hydrogen-bond donors (Lipinski definition) is 3. The average Bonchev–Trinajstić information content (AvgIpc) is 3.17. The summed E-state index contributed by atoms with van der Waals surface area (Å²) in [5.41, 5.74) is 0. The van der Waals surface area contributed by atoms with Gasteiger partial charge in [0.25, 0.3) is 0 Å². The Morgan fingerprint density at radius 2 is 2.00 bits per heavy atom. The number of methoxy groups -OCH3 is 1. The van der Waals surface area contributed by atoms with Crippen molar-refractivity contribution in [3.8, 4) is 0 Å². The lowest BCUT2D eigenvalue weighted by molar-refractivity contribution is -0.144. The van der Waals surface area contributed by atoms with Gasteiger partial charge in [0.15, 0.2) is 0 Å². The molecule has 3 N–H and O–H groups in total. The van der Waals surface area contributed by atoms with Gasteiger partial charge in [-0.2, -0.15) is 0 Å². The molecular formula is C12H20N2O5. The molecule has 7 heteroatoms. The van der Waals surface area contributed by atoms with Gasteiger partial charge < -0.3 is 20.5 Å². The number of amides is 1. The number of esters is 1. The van der Waals surface area contributed by atoms with Crippen LogP contribution in [0.1, 0.15) is 32.1 Å². The molecule has 0 aromatic rings. The Labute approximate surface area is 111 Å². The van der Waals surface area contributed by atoms with Crippen molar-refractivity contribution in [1.29, 1.82) is 0 Å². The van der Waals surface area contributed by atoms with Crippen LogP contribution in [0.4, 0.5) is 0 Å². The van der Waals surface area contributed by atoms with Crippen molar-refractivity contribution in [3.05, 3.63) is 0 Å². The SMILES string of the molecule is COC(=O)CC[C@H](NC(=O)CCNC1CC1)C(=O)O. The Morgan fingerprint density at radius 1 is 1.32 bits per heavy atom. The molecule has 0 heterocycles. The first-order valence-electron chi connectivity index (χ1n) is 6.35. The molecule has 0 bridgehead atoms. The Morgan fingerprint density at radius 3 is 2.53 bits per heavy atom. The highest BCUT2D eigenvalue weighted by Gasteiger charge is 2.22. The van der Waals surface area contributed by atoms with Crippen molar-refractivity contribution < 1.29 is 24.2 Å². The summed E-state index contributed by atoms with van der Waals surface area (Å²) < 4.78 is 4.43. The lowest BCUT2D eigenvalue weighted by Crippen LogP contribution is -2.42. The summed E-state index contributed by atoms with van der Waals surface area (Å²) in [6.07, 6.45) is 2.51. The van der Waals surface area contributed by atoms with Gasteiger partial charge in [0.05, 0.1) is 7.11 Å². The molecule has 1 amide bonds. The molecule has 0 aliphatic heterocycles. The largest absolute Gasteiger partial charge is 0.480 e. The predicted octanol–water partition coefficient (Wildman–Crippen LogP) is -0.349. The first-order valence-corrected chi connectivity index (χ1v) is 6.35. The maximum Gasteiger partial charge on any atom is 0.326 e. The second kappa shape index (κ2) is 7.73. The lowest BCUT2D eigenvalue weighted by atomic mass is 10.1. The maximum atomic E-state index is 11.5. The zero-order valence-corrected chi connectivity index (χ0v) is 11.0. The first kappa shape index (κ1) is 15.4. The van der Waals surface area contributed by atoms with E-state index in [0.29, 0.717) is 12.6 Å². The molecule has 1 atom stereocenters. The predicted molar refractivity (Wildman–Crippen MR) is 66.5 cm³/mol. The molecule has 108 valence electrons. The maximum absolute atomic E-state index is 11.5. The number of aliphatic carboxylic acids is 1. The third-order valence-electron chi connectivity index (χ3n) is 2.86. The fraction of sp³-hybridized carbons (Fsp3) is 0.750. The van der Waals surface area contributed by atoms with E-state index < -0.39 is 18.0 Å². The third kappa shape index (κ3) is 6.76. The molecule has 1 aliphatic carbocycles. The zero-order valence-electron chi connectivity index (χ0n) is 11.0. The smallest absolute Gasteiger partial charge is 0.326 e. The zero-order chi connectivity index (χ0) is 14.3. The summed E-state index contributed by atoms with van der Waals surface area (Å²) in [4.78, 5) is 33.4. The van der Waals surface area contributed by atoms with E-state index in [0.717, 1.165) is 12.8 Å². The van der Waals surface area contributed by atoms with Crippen LogP contribution in [0.2, 0.25) is 0 Å². The third-order valence-corrected chi connectivity index (χ3v) is 2.86. The van der Waals surface area contributed by atoms with Crippen molar-refractivity contribution in [2.24, 2.45) is 0 Å². The van der Waals surface area contributed by atoms with Gasteiger partial charge in [-0.15, -0.1) is 0 Å². The first-order chi connectivity index (χ1) is 9.02. The number of carbonyl (C=O) groups excluding carboxylic acids is 2. The van der Waals surface area contributed by atoms with Crippen LogP contribution >= 0.6 is 0 Å². The quantitative estimate of drug-likeness (QED) is 0.496. The highest BCUT2D eigenvalue weighted by molar-refractivity contribution is 5.84. The fourth-order valence-electron chi connectivity index (χ4n) is 1.57. The van der Waals surface area contributed by atoms with Crippen molar-refractivity contribution in [2.75, 3.05) is 13.7 Å². The topological polar surface area (TPSA) is 105 Å². The van der Waals surface area contributed by atoms with Crippen LogP contribution in [-0.4, -0.2) is 48.7 Å². The number of ether oxygens (including phenoxy) is 1. The lowest BCUT2D eigenvalue weighted by Gasteiger charge is -2.14. The van der Waals surface area contributed by atoms with E-state index in [2.05, 4.69) is 15.4 Å². The highest BCUT2D eigenvalue weighted by Crippen LogP contribution is 2.18. The van der Waals surface area contributed by atoms with Gasteiger partial charge in [-0.3, -0.25) is 9.59 Å². The summed E-state index contributed by atoms with van der Waals surface area (Å²) in [5.74, 6) is -1.96. The van der Waals surface area contributed by atoms with Gasteiger partial charge >= 0.3 is 11.9 Å². The van der Waals surface area contributed by atoms with Gasteiger partial charge in [-0.25, -0.2) is 4.79 Å². The number of carboxylic acids is 1. The summed E-state index contributed by atoms with van der Waals surface area (Å²) in [6.45, 7) is 0.542. The molecule has 19 heavy (non-hydrogen) atoms. The van der Waals surface area contributed by atoms with Crippen molar-refractivity contribution in [2.45, 2.75) is 44.2 Å². The molecule has 1 saturated carbocycles. The van der Waals surface area contributed by atoms with Crippen LogP contribution in [0, 0.1) is 0 Å². The number of carboxylic acid groups (broad SMARTS) is 1. The van der Waals surface area contributed by atoms with Crippen LogP contribution in [0.25, 0.3) is 0 Å². The van der Waals surface area contributed by atoms with Gasteiger partial charge in [-0.1, -0.05) is 0 Å². The van der Waals surface area contributed by atoms with E-state index in [4.69, 9.17) is 5.11 Å². The molecule has 0 aromatic heterocycles. The monoisotopic (exact) mass is 272 g/mol.